The molecule has 0 spiro atoms. The van der Waals surface area contributed by atoms with Crippen molar-refractivity contribution >= 4 is 0 Å². The molecule has 1 atom stereocenters. The van der Waals surface area contributed by atoms with Crippen molar-refractivity contribution in [3.05, 3.63) is 0 Å². The van der Waals surface area contributed by atoms with Gasteiger partial charge in [0.1, 0.15) is 0 Å². The predicted octanol–water partition coefficient (Wildman–Crippen LogP) is 5.67. The lowest BCUT2D eigenvalue weighted by Gasteiger charge is -2.29. The molecule has 2 heteroatoms. The maximum Gasteiger partial charge on any atom is 0.0487 e. The quantitative estimate of drug-likeness (QED) is 0.383. The topological polar surface area (TPSA) is 46.2 Å². The van der Waals surface area contributed by atoms with E-state index < -0.39 is 0 Å². The minimum Gasteiger partial charge on any atom is -0.396 e. The lowest BCUT2D eigenvalue weighted by Crippen LogP contribution is -2.29. The highest BCUT2D eigenvalue weighted by atomic mass is 16.3. The Bertz CT molecular complexity index is 226. The molecule has 3 N–H and O–H groups in total. The van der Waals surface area contributed by atoms with Crippen molar-refractivity contribution in [3.63, 3.8) is 0 Å². The molecule has 0 aromatic carbocycles. The van der Waals surface area contributed by atoms with E-state index in [2.05, 4.69) is 27.7 Å². The lowest BCUT2D eigenvalue weighted by atomic mass is 9.78. The summed E-state index contributed by atoms with van der Waals surface area (Å²) in [5, 5.41) is 9.57. The summed E-state index contributed by atoms with van der Waals surface area (Å²) >= 11 is 0. The largest absolute Gasteiger partial charge is 0.396 e. The van der Waals surface area contributed by atoms with Gasteiger partial charge in [-0.2, -0.15) is 0 Å². The first-order chi connectivity index (χ1) is 10.6. The molecule has 22 heavy (non-hydrogen) atoms. The molecule has 0 saturated heterocycles. The van der Waals surface area contributed by atoms with E-state index in [1.165, 1.54) is 64.2 Å². The van der Waals surface area contributed by atoms with Crippen LogP contribution in [0.4, 0.5) is 0 Å². The normalized spacial score (nSPS) is 13.8. The molecule has 0 bridgehead atoms. The first-order valence-electron chi connectivity index (χ1n) is 9.95. The lowest BCUT2D eigenvalue weighted by molar-refractivity contribution is 0.102. The third-order valence-corrected chi connectivity index (χ3v) is 5.98. The zero-order valence-electron chi connectivity index (χ0n) is 15.9. The van der Waals surface area contributed by atoms with Gasteiger partial charge in [0.2, 0.25) is 0 Å². The summed E-state index contributed by atoms with van der Waals surface area (Å²) in [5.41, 5.74) is 6.47. The molecule has 0 fully saturated rings. The van der Waals surface area contributed by atoms with Gasteiger partial charge >= 0.3 is 0 Å². The van der Waals surface area contributed by atoms with Crippen LogP contribution >= 0.6 is 0 Å². The molecule has 0 aliphatic carbocycles. The van der Waals surface area contributed by atoms with Crippen molar-refractivity contribution in [1.29, 1.82) is 0 Å². The average Bonchev–Trinajstić information content (AvgIpc) is 2.55. The summed E-state index contributed by atoms with van der Waals surface area (Å²) in [5.74, 6) is 0.717. The van der Waals surface area contributed by atoms with Crippen LogP contribution in [0.15, 0.2) is 0 Å². The fourth-order valence-electron chi connectivity index (χ4n) is 3.62. The van der Waals surface area contributed by atoms with E-state index in [9.17, 15) is 5.11 Å². The first-order valence-corrected chi connectivity index (χ1v) is 9.95. The Labute approximate surface area is 140 Å². The molecule has 0 amide bonds. The number of aliphatic hydroxyl groups excluding tert-OH is 1. The van der Waals surface area contributed by atoms with Crippen LogP contribution in [0.1, 0.15) is 105 Å². The fourth-order valence-corrected chi connectivity index (χ4v) is 3.62. The Kier molecular flexibility index (Phi) is 13.3. The second-order valence-electron chi connectivity index (χ2n) is 7.27. The van der Waals surface area contributed by atoms with Gasteiger partial charge in [0, 0.05) is 12.6 Å². The second-order valence-corrected chi connectivity index (χ2v) is 7.27. The molecule has 0 aromatic rings. The number of rotatable bonds is 15. The van der Waals surface area contributed by atoms with E-state index in [0.29, 0.717) is 12.6 Å². The molecule has 0 heterocycles. The van der Waals surface area contributed by atoms with Crippen LogP contribution in [0.5, 0.6) is 0 Å². The Morgan fingerprint density at radius 1 is 0.818 bits per heavy atom. The molecule has 1 unspecified atom stereocenters. The van der Waals surface area contributed by atoms with Crippen molar-refractivity contribution in [3.8, 4) is 0 Å². The summed E-state index contributed by atoms with van der Waals surface area (Å²) in [7, 11) is 0. The van der Waals surface area contributed by atoms with Crippen LogP contribution in [0.2, 0.25) is 0 Å². The number of hydrogen-bond acceptors (Lipinski definition) is 2. The molecule has 0 saturated carbocycles. The van der Waals surface area contributed by atoms with Gasteiger partial charge in [-0.05, 0) is 37.0 Å². The smallest absolute Gasteiger partial charge is 0.0487 e. The molecule has 0 aliphatic rings. The van der Waals surface area contributed by atoms with Crippen molar-refractivity contribution in [1.82, 2.24) is 0 Å². The van der Waals surface area contributed by atoms with E-state index in [-0.39, 0.29) is 5.41 Å². The summed E-state index contributed by atoms with van der Waals surface area (Å²) in [6, 6.07) is 0.411. The van der Waals surface area contributed by atoms with E-state index in [1.54, 1.807) is 0 Å². The Hall–Kier alpha value is -0.0800. The summed E-state index contributed by atoms with van der Waals surface area (Å²) in [4.78, 5) is 0. The van der Waals surface area contributed by atoms with Crippen molar-refractivity contribution in [2.24, 2.45) is 17.1 Å². The van der Waals surface area contributed by atoms with Crippen LogP contribution in [-0.4, -0.2) is 17.8 Å². The molecule has 0 aromatic heterocycles. The minimum atomic E-state index is 0.197. The second kappa shape index (κ2) is 13.4. The summed E-state index contributed by atoms with van der Waals surface area (Å²) in [6.07, 6.45) is 15.0. The van der Waals surface area contributed by atoms with Crippen LogP contribution in [0.25, 0.3) is 0 Å². The number of hydrogen-bond donors (Lipinski definition) is 2. The minimum absolute atomic E-state index is 0.197. The highest BCUT2D eigenvalue weighted by Crippen LogP contribution is 2.32. The molecule has 0 rings (SSSR count). The van der Waals surface area contributed by atoms with Gasteiger partial charge in [-0.25, -0.2) is 0 Å². The van der Waals surface area contributed by atoms with E-state index in [1.807, 2.05) is 0 Å². The zero-order chi connectivity index (χ0) is 16.8. The Morgan fingerprint density at radius 2 is 1.32 bits per heavy atom. The molecule has 2 nitrogen and oxygen atoms in total. The van der Waals surface area contributed by atoms with E-state index >= 15 is 0 Å². The van der Waals surface area contributed by atoms with Gasteiger partial charge in [0.25, 0.3) is 0 Å². The van der Waals surface area contributed by atoms with Gasteiger partial charge in [-0.3, -0.25) is 0 Å². The molecule has 134 valence electrons. The number of aliphatic hydroxyl groups is 1. The highest BCUT2D eigenvalue weighted by molar-refractivity contribution is 4.75. The van der Waals surface area contributed by atoms with E-state index in [0.717, 1.165) is 18.8 Å². The molecular weight excluding hydrogens is 270 g/mol. The monoisotopic (exact) mass is 313 g/mol. The Balaban J connectivity index is 3.58. The van der Waals surface area contributed by atoms with Crippen molar-refractivity contribution in [2.45, 2.75) is 111 Å². The van der Waals surface area contributed by atoms with Gasteiger partial charge in [-0.15, -0.1) is 0 Å². The van der Waals surface area contributed by atoms with E-state index in [4.69, 9.17) is 5.73 Å². The zero-order valence-corrected chi connectivity index (χ0v) is 15.9. The fraction of sp³-hybridized carbons (Fsp3) is 1.00. The predicted molar refractivity (Wildman–Crippen MR) is 99.1 cm³/mol. The van der Waals surface area contributed by atoms with Crippen molar-refractivity contribution in [2.75, 3.05) is 6.61 Å². The summed E-state index contributed by atoms with van der Waals surface area (Å²) < 4.78 is 0. The first kappa shape index (κ1) is 21.9. The molecule has 0 aliphatic heterocycles. The average molecular weight is 314 g/mol. The summed E-state index contributed by atoms with van der Waals surface area (Å²) in [6.45, 7) is 9.29. The van der Waals surface area contributed by atoms with Gasteiger partial charge in [0.15, 0.2) is 0 Å². The van der Waals surface area contributed by atoms with Gasteiger partial charge < -0.3 is 10.8 Å². The van der Waals surface area contributed by atoms with Crippen LogP contribution in [0, 0.1) is 11.3 Å². The Morgan fingerprint density at radius 3 is 1.77 bits per heavy atom. The number of nitrogens with two attached hydrogens (primary N) is 1. The highest BCUT2D eigenvalue weighted by Gasteiger charge is 2.24. The maximum absolute atomic E-state index is 9.57. The standard InChI is InChI=1S/C20H43NO/c1-5-18(6-2)19(21)15-13-11-9-10-12-14-16-20(7-3,8-4)17-22/h18-19,22H,5-17,21H2,1-4H3. The maximum atomic E-state index is 9.57. The van der Waals surface area contributed by atoms with Gasteiger partial charge in [-0.1, -0.05) is 79.1 Å². The van der Waals surface area contributed by atoms with Crippen molar-refractivity contribution < 1.29 is 5.11 Å². The SMILES string of the molecule is CCC(CC)C(N)CCCCCCCCC(CC)(CC)CO. The van der Waals surface area contributed by atoms with Crippen LogP contribution < -0.4 is 5.73 Å². The molecular formula is C20H43NO. The third kappa shape index (κ3) is 8.53. The third-order valence-electron chi connectivity index (χ3n) is 5.98. The number of unbranched alkanes of at least 4 members (excludes halogenated alkanes) is 5. The van der Waals surface area contributed by atoms with Crippen LogP contribution in [0.3, 0.4) is 0 Å². The van der Waals surface area contributed by atoms with Gasteiger partial charge in [0.05, 0.1) is 0 Å². The molecule has 0 radical (unpaired) electrons. The van der Waals surface area contributed by atoms with Crippen LogP contribution in [-0.2, 0) is 0 Å².